The SMILES string of the molecule is CN/C(=C(/C)n1ccs1)c1cccc(F)c1. The van der Waals surface area contributed by atoms with Crippen molar-refractivity contribution in [1.29, 1.82) is 0 Å². The summed E-state index contributed by atoms with van der Waals surface area (Å²) in [6.45, 7) is 2.01. The van der Waals surface area contributed by atoms with Crippen molar-refractivity contribution in [3.8, 4) is 0 Å². The van der Waals surface area contributed by atoms with Gasteiger partial charge in [-0.2, -0.15) is 0 Å². The van der Waals surface area contributed by atoms with Crippen molar-refractivity contribution in [2.24, 2.45) is 0 Å². The van der Waals surface area contributed by atoms with Gasteiger partial charge in [-0.15, -0.1) is 0 Å². The fourth-order valence-electron chi connectivity index (χ4n) is 1.60. The van der Waals surface area contributed by atoms with Crippen LogP contribution < -0.4 is 5.32 Å². The second kappa shape index (κ2) is 4.53. The van der Waals surface area contributed by atoms with Crippen molar-refractivity contribution in [2.45, 2.75) is 6.92 Å². The molecule has 2 aromatic rings. The van der Waals surface area contributed by atoms with Gasteiger partial charge in [-0.25, -0.2) is 4.39 Å². The Morgan fingerprint density at radius 1 is 1.44 bits per heavy atom. The lowest BCUT2D eigenvalue weighted by Crippen LogP contribution is -2.09. The first kappa shape index (κ1) is 11.0. The first-order valence-electron chi connectivity index (χ1n) is 4.99. The van der Waals surface area contributed by atoms with E-state index < -0.39 is 0 Å². The number of benzene rings is 1. The topological polar surface area (TPSA) is 17.0 Å². The predicted molar refractivity (Wildman–Crippen MR) is 66.6 cm³/mol. The molecule has 0 radical (unpaired) electrons. The van der Waals surface area contributed by atoms with Gasteiger partial charge in [0, 0.05) is 24.2 Å². The molecule has 0 bridgehead atoms. The second-order valence-corrected chi connectivity index (χ2v) is 4.31. The van der Waals surface area contributed by atoms with Crippen LogP contribution in [0, 0.1) is 5.82 Å². The number of nitrogens with one attached hydrogen (secondary N) is 1. The quantitative estimate of drug-likeness (QED) is 0.865. The Labute approximate surface area is 98.2 Å². The van der Waals surface area contributed by atoms with E-state index in [1.165, 1.54) is 12.1 Å². The van der Waals surface area contributed by atoms with Crippen molar-refractivity contribution >= 4 is 22.9 Å². The third kappa shape index (κ3) is 2.02. The normalized spacial score (nSPS) is 12.4. The molecule has 0 amide bonds. The first-order valence-corrected chi connectivity index (χ1v) is 5.83. The van der Waals surface area contributed by atoms with Crippen LogP contribution in [0.15, 0.2) is 35.8 Å². The molecule has 1 aromatic carbocycles. The molecule has 16 heavy (non-hydrogen) atoms. The van der Waals surface area contributed by atoms with Gasteiger partial charge >= 0.3 is 0 Å². The van der Waals surface area contributed by atoms with E-state index in [1.807, 2.05) is 35.6 Å². The highest BCUT2D eigenvalue weighted by molar-refractivity contribution is 7.05. The summed E-state index contributed by atoms with van der Waals surface area (Å²) in [6.07, 6.45) is 1.98. The zero-order valence-electron chi connectivity index (χ0n) is 9.20. The van der Waals surface area contributed by atoms with Crippen LogP contribution in [-0.2, 0) is 0 Å². The molecule has 0 unspecified atom stereocenters. The van der Waals surface area contributed by atoms with E-state index in [0.29, 0.717) is 0 Å². The van der Waals surface area contributed by atoms with Gasteiger partial charge in [0.2, 0.25) is 0 Å². The molecular formula is C12H13FN2S. The molecule has 1 heterocycles. The van der Waals surface area contributed by atoms with Crippen molar-refractivity contribution in [2.75, 3.05) is 7.05 Å². The van der Waals surface area contributed by atoms with Crippen LogP contribution >= 0.6 is 11.5 Å². The predicted octanol–water partition coefficient (Wildman–Crippen LogP) is 3.25. The second-order valence-electron chi connectivity index (χ2n) is 3.44. The van der Waals surface area contributed by atoms with E-state index in [-0.39, 0.29) is 5.82 Å². The van der Waals surface area contributed by atoms with Crippen LogP contribution in [0.4, 0.5) is 4.39 Å². The minimum absolute atomic E-state index is 0.218. The highest BCUT2D eigenvalue weighted by atomic mass is 32.1. The van der Waals surface area contributed by atoms with Gasteiger partial charge in [-0.3, -0.25) is 3.96 Å². The molecule has 0 spiro atoms. The summed E-state index contributed by atoms with van der Waals surface area (Å²) in [7, 11) is 1.85. The average Bonchev–Trinajstić information content (AvgIpc) is 2.16. The maximum Gasteiger partial charge on any atom is 0.123 e. The lowest BCUT2D eigenvalue weighted by atomic mass is 10.1. The molecule has 0 aliphatic carbocycles. The molecule has 0 aliphatic rings. The highest BCUT2D eigenvalue weighted by Gasteiger charge is 2.07. The largest absolute Gasteiger partial charge is 0.386 e. The van der Waals surface area contributed by atoms with E-state index in [1.54, 1.807) is 17.6 Å². The number of allylic oxidation sites excluding steroid dienone is 1. The summed E-state index contributed by atoms with van der Waals surface area (Å²) in [6, 6.07) is 6.59. The molecule has 0 atom stereocenters. The number of aromatic nitrogens is 1. The van der Waals surface area contributed by atoms with Gasteiger partial charge < -0.3 is 5.32 Å². The van der Waals surface area contributed by atoms with Crippen LogP contribution in [0.2, 0.25) is 0 Å². The van der Waals surface area contributed by atoms with E-state index >= 15 is 0 Å². The van der Waals surface area contributed by atoms with Crippen LogP contribution in [0.5, 0.6) is 0 Å². The number of rotatable bonds is 3. The maximum atomic E-state index is 13.1. The molecule has 2 nitrogen and oxygen atoms in total. The molecule has 0 aliphatic heterocycles. The molecule has 0 saturated heterocycles. The monoisotopic (exact) mass is 236 g/mol. The Kier molecular flexibility index (Phi) is 3.10. The molecule has 4 heteroatoms. The molecular weight excluding hydrogens is 223 g/mol. The summed E-state index contributed by atoms with van der Waals surface area (Å²) in [5.41, 5.74) is 2.87. The van der Waals surface area contributed by atoms with Gasteiger partial charge in [0.1, 0.15) is 5.82 Å². The Bertz CT molecular complexity index is 501. The van der Waals surface area contributed by atoms with E-state index in [0.717, 1.165) is 17.0 Å². The lowest BCUT2D eigenvalue weighted by Gasteiger charge is -2.15. The minimum Gasteiger partial charge on any atom is -0.386 e. The Balaban J connectivity index is 2.45. The van der Waals surface area contributed by atoms with E-state index in [2.05, 4.69) is 5.32 Å². The molecule has 2 rings (SSSR count). The van der Waals surface area contributed by atoms with Gasteiger partial charge in [-0.05, 0) is 19.1 Å². The van der Waals surface area contributed by atoms with Crippen molar-refractivity contribution in [3.05, 3.63) is 47.2 Å². The van der Waals surface area contributed by atoms with Crippen molar-refractivity contribution in [1.82, 2.24) is 9.27 Å². The number of nitrogens with zero attached hydrogens (tertiary/aromatic N) is 1. The number of hydrogen-bond donors (Lipinski definition) is 1. The molecule has 0 fully saturated rings. The minimum atomic E-state index is -0.218. The third-order valence-electron chi connectivity index (χ3n) is 2.43. The smallest absolute Gasteiger partial charge is 0.123 e. The highest BCUT2D eigenvalue weighted by Crippen LogP contribution is 2.22. The zero-order chi connectivity index (χ0) is 11.5. The van der Waals surface area contributed by atoms with Gasteiger partial charge in [0.15, 0.2) is 0 Å². The van der Waals surface area contributed by atoms with E-state index in [4.69, 9.17) is 0 Å². The Hall–Kier alpha value is -1.55. The van der Waals surface area contributed by atoms with E-state index in [9.17, 15) is 4.39 Å². The summed E-state index contributed by atoms with van der Waals surface area (Å²) in [4.78, 5) is 0. The summed E-state index contributed by atoms with van der Waals surface area (Å²) in [5.74, 6) is -0.218. The Morgan fingerprint density at radius 3 is 2.69 bits per heavy atom. The lowest BCUT2D eigenvalue weighted by molar-refractivity contribution is 0.627. The zero-order valence-corrected chi connectivity index (χ0v) is 10.0. The van der Waals surface area contributed by atoms with Crippen molar-refractivity contribution in [3.63, 3.8) is 0 Å². The van der Waals surface area contributed by atoms with Gasteiger partial charge in [-0.1, -0.05) is 23.7 Å². The fraction of sp³-hybridized carbons (Fsp3) is 0.167. The molecule has 1 N–H and O–H groups in total. The molecule has 84 valence electrons. The standard InChI is InChI=1S/C12H13FN2S/c1-9(15-6-7-16-15)12(14-2)10-4-3-5-11(13)8-10/h3-8,14H,1-2H3/b12-9-. The van der Waals surface area contributed by atoms with Gasteiger partial charge in [0.25, 0.3) is 0 Å². The van der Waals surface area contributed by atoms with Gasteiger partial charge in [0.05, 0.1) is 11.4 Å². The van der Waals surface area contributed by atoms with Crippen LogP contribution in [0.1, 0.15) is 12.5 Å². The summed E-state index contributed by atoms with van der Waals surface area (Å²) >= 11 is 1.62. The summed E-state index contributed by atoms with van der Waals surface area (Å²) in [5, 5.41) is 5.12. The Morgan fingerprint density at radius 2 is 2.19 bits per heavy atom. The fourth-order valence-corrected chi connectivity index (χ4v) is 2.09. The number of hydrogen-bond acceptors (Lipinski definition) is 2. The summed E-state index contributed by atoms with van der Waals surface area (Å²) < 4.78 is 15.2. The third-order valence-corrected chi connectivity index (χ3v) is 3.29. The van der Waals surface area contributed by atoms with Crippen molar-refractivity contribution < 1.29 is 4.39 Å². The van der Waals surface area contributed by atoms with Crippen LogP contribution in [0.25, 0.3) is 11.4 Å². The van der Waals surface area contributed by atoms with Crippen LogP contribution in [-0.4, -0.2) is 11.0 Å². The number of halogens is 1. The molecule has 0 saturated carbocycles. The maximum absolute atomic E-state index is 13.1. The first-order chi connectivity index (χ1) is 7.72. The van der Waals surface area contributed by atoms with Crippen LogP contribution in [0.3, 0.4) is 0 Å². The molecule has 1 aromatic heterocycles. The average molecular weight is 236 g/mol.